The molecule has 82 valence electrons. The van der Waals surface area contributed by atoms with Gasteiger partial charge in [0.15, 0.2) is 0 Å². The molecule has 1 aliphatic rings. The van der Waals surface area contributed by atoms with Crippen molar-refractivity contribution in [2.45, 2.75) is 19.4 Å². The molecule has 0 aromatic heterocycles. The van der Waals surface area contributed by atoms with Crippen LogP contribution in [0.1, 0.15) is 24.9 Å². The summed E-state index contributed by atoms with van der Waals surface area (Å²) < 4.78 is 0. The molecule has 15 heavy (non-hydrogen) atoms. The van der Waals surface area contributed by atoms with E-state index in [4.69, 9.17) is 0 Å². The lowest BCUT2D eigenvalue weighted by atomic mass is 9.96. The Morgan fingerprint density at radius 2 is 1.87 bits per heavy atom. The molecule has 1 aromatic rings. The van der Waals surface area contributed by atoms with E-state index in [1.165, 1.54) is 17.7 Å². The Morgan fingerprint density at radius 3 is 2.33 bits per heavy atom. The summed E-state index contributed by atoms with van der Waals surface area (Å²) in [5.74, 6) is 0.759. The van der Waals surface area contributed by atoms with Crippen LogP contribution in [0.15, 0.2) is 24.3 Å². The fourth-order valence-electron chi connectivity index (χ4n) is 2.26. The van der Waals surface area contributed by atoms with E-state index >= 15 is 0 Å². The Kier molecular flexibility index (Phi) is 2.96. The molecule has 1 aliphatic heterocycles. The molecule has 0 unspecified atom stereocenters. The standard InChI is InChI=1S/C13H20N2/c1-10-8-9-14-13(10)11-4-6-12(7-5-11)15(2)3/h4-7,10,13-14H,8-9H2,1-3H3/t10-,13-/m1/s1. The highest BCUT2D eigenvalue weighted by atomic mass is 15.1. The van der Waals surface area contributed by atoms with Gasteiger partial charge in [-0.05, 0) is 36.6 Å². The number of nitrogens with zero attached hydrogens (tertiary/aromatic N) is 1. The highest BCUT2D eigenvalue weighted by Gasteiger charge is 2.23. The highest BCUT2D eigenvalue weighted by Crippen LogP contribution is 2.29. The number of benzene rings is 1. The van der Waals surface area contributed by atoms with Crippen LogP contribution >= 0.6 is 0 Å². The minimum atomic E-state index is 0.557. The monoisotopic (exact) mass is 204 g/mol. The van der Waals surface area contributed by atoms with Gasteiger partial charge in [-0.15, -0.1) is 0 Å². The highest BCUT2D eigenvalue weighted by molar-refractivity contribution is 5.46. The predicted octanol–water partition coefficient (Wildman–Crippen LogP) is 2.42. The summed E-state index contributed by atoms with van der Waals surface area (Å²) in [4.78, 5) is 2.13. The molecular weight excluding hydrogens is 184 g/mol. The number of rotatable bonds is 2. The van der Waals surface area contributed by atoms with E-state index in [1.54, 1.807) is 0 Å². The third kappa shape index (κ3) is 2.15. The van der Waals surface area contributed by atoms with Crippen LogP contribution in [-0.4, -0.2) is 20.6 Å². The molecule has 2 rings (SSSR count). The molecule has 1 fully saturated rings. The van der Waals surface area contributed by atoms with Gasteiger partial charge in [0.25, 0.3) is 0 Å². The van der Waals surface area contributed by atoms with Crippen LogP contribution in [0.3, 0.4) is 0 Å². The Morgan fingerprint density at radius 1 is 1.20 bits per heavy atom. The molecule has 2 atom stereocenters. The van der Waals surface area contributed by atoms with Gasteiger partial charge < -0.3 is 10.2 Å². The van der Waals surface area contributed by atoms with Gasteiger partial charge in [-0.2, -0.15) is 0 Å². The van der Waals surface area contributed by atoms with Crippen molar-refractivity contribution in [3.63, 3.8) is 0 Å². The average molecular weight is 204 g/mol. The lowest BCUT2D eigenvalue weighted by Crippen LogP contribution is -2.16. The molecule has 0 saturated carbocycles. The van der Waals surface area contributed by atoms with Crippen LogP contribution in [0.5, 0.6) is 0 Å². The SMILES string of the molecule is C[C@@H]1CCN[C@H]1c1ccc(N(C)C)cc1. The fraction of sp³-hybridized carbons (Fsp3) is 0.538. The van der Waals surface area contributed by atoms with E-state index in [0.717, 1.165) is 12.5 Å². The maximum atomic E-state index is 3.56. The van der Waals surface area contributed by atoms with Crippen LogP contribution in [0.2, 0.25) is 0 Å². The summed E-state index contributed by atoms with van der Waals surface area (Å²) >= 11 is 0. The van der Waals surface area contributed by atoms with Gasteiger partial charge in [0.05, 0.1) is 0 Å². The third-order valence-corrected chi connectivity index (χ3v) is 3.30. The van der Waals surface area contributed by atoms with Crippen molar-refractivity contribution in [1.29, 1.82) is 0 Å². The Bertz CT molecular complexity index is 316. The second-order valence-corrected chi connectivity index (χ2v) is 4.68. The van der Waals surface area contributed by atoms with Gasteiger partial charge in [-0.1, -0.05) is 19.1 Å². The van der Waals surface area contributed by atoms with E-state index in [2.05, 4.69) is 55.5 Å². The minimum Gasteiger partial charge on any atom is -0.378 e. The van der Waals surface area contributed by atoms with Crippen molar-refractivity contribution in [2.75, 3.05) is 25.5 Å². The average Bonchev–Trinajstić information content (AvgIpc) is 2.65. The van der Waals surface area contributed by atoms with Gasteiger partial charge in [-0.3, -0.25) is 0 Å². The van der Waals surface area contributed by atoms with Crippen molar-refractivity contribution in [1.82, 2.24) is 5.32 Å². The molecule has 1 saturated heterocycles. The molecule has 0 radical (unpaired) electrons. The summed E-state index contributed by atoms with van der Waals surface area (Å²) in [6.07, 6.45) is 1.29. The summed E-state index contributed by atoms with van der Waals surface area (Å²) in [5.41, 5.74) is 2.69. The second-order valence-electron chi connectivity index (χ2n) is 4.68. The molecule has 0 bridgehead atoms. The third-order valence-electron chi connectivity index (χ3n) is 3.30. The molecule has 2 heteroatoms. The van der Waals surface area contributed by atoms with Crippen molar-refractivity contribution in [3.8, 4) is 0 Å². The van der Waals surface area contributed by atoms with Crippen molar-refractivity contribution in [3.05, 3.63) is 29.8 Å². The first-order valence-electron chi connectivity index (χ1n) is 5.69. The van der Waals surface area contributed by atoms with E-state index in [1.807, 2.05) is 0 Å². The van der Waals surface area contributed by atoms with Crippen LogP contribution in [0, 0.1) is 5.92 Å². The first kappa shape index (κ1) is 10.5. The molecule has 0 spiro atoms. The molecule has 1 N–H and O–H groups in total. The van der Waals surface area contributed by atoms with Crippen LogP contribution in [-0.2, 0) is 0 Å². The van der Waals surface area contributed by atoms with Gasteiger partial charge in [0.2, 0.25) is 0 Å². The number of hydrogen-bond acceptors (Lipinski definition) is 2. The Balaban J connectivity index is 2.16. The molecule has 1 aromatic carbocycles. The fourth-order valence-corrected chi connectivity index (χ4v) is 2.26. The summed E-state index contributed by atoms with van der Waals surface area (Å²) in [7, 11) is 4.15. The summed E-state index contributed by atoms with van der Waals surface area (Å²) in [6, 6.07) is 9.44. The largest absolute Gasteiger partial charge is 0.378 e. The zero-order chi connectivity index (χ0) is 10.8. The molecule has 0 amide bonds. The van der Waals surface area contributed by atoms with E-state index in [-0.39, 0.29) is 0 Å². The first-order valence-corrected chi connectivity index (χ1v) is 5.69. The van der Waals surface area contributed by atoms with Gasteiger partial charge in [0.1, 0.15) is 0 Å². The normalized spacial score (nSPS) is 25.5. The number of anilines is 1. The quantitative estimate of drug-likeness (QED) is 0.796. The van der Waals surface area contributed by atoms with E-state index in [9.17, 15) is 0 Å². The lowest BCUT2D eigenvalue weighted by Gasteiger charge is -2.18. The van der Waals surface area contributed by atoms with Crippen LogP contribution < -0.4 is 10.2 Å². The number of nitrogens with one attached hydrogen (secondary N) is 1. The predicted molar refractivity (Wildman–Crippen MR) is 65.3 cm³/mol. The van der Waals surface area contributed by atoms with Gasteiger partial charge >= 0.3 is 0 Å². The molecule has 1 heterocycles. The van der Waals surface area contributed by atoms with Crippen molar-refractivity contribution in [2.24, 2.45) is 5.92 Å². The zero-order valence-corrected chi connectivity index (χ0v) is 9.83. The second kappa shape index (κ2) is 4.23. The van der Waals surface area contributed by atoms with Crippen LogP contribution in [0.4, 0.5) is 5.69 Å². The summed E-state index contributed by atoms with van der Waals surface area (Å²) in [6.45, 7) is 3.48. The summed E-state index contributed by atoms with van der Waals surface area (Å²) in [5, 5.41) is 3.56. The zero-order valence-electron chi connectivity index (χ0n) is 9.83. The first-order chi connectivity index (χ1) is 7.18. The minimum absolute atomic E-state index is 0.557. The van der Waals surface area contributed by atoms with E-state index in [0.29, 0.717) is 6.04 Å². The number of hydrogen-bond donors (Lipinski definition) is 1. The van der Waals surface area contributed by atoms with Gasteiger partial charge in [-0.25, -0.2) is 0 Å². The Hall–Kier alpha value is -1.02. The lowest BCUT2D eigenvalue weighted by molar-refractivity contribution is 0.504. The maximum absolute atomic E-state index is 3.56. The maximum Gasteiger partial charge on any atom is 0.0361 e. The van der Waals surface area contributed by atoms with Crippen molar-refractivity contribution < 1.29 is 0 Å². The van der Waals surface area contributed by atoms with E-state index < -0.39 is 0 Å². The topological polar surface area (TPSA) is 15.3 Å². The van der Waals surface area contributed by atoms with Gasteiger partial charge in [0, 0.05) is 25.8 Å². The van der Waals surface area contributed by atoms with Crippen molar-refractivity contribution >= 4 is 5.69 Å². The Labute approximate surface area is 92.3 Å². The molecule has 0 aliphatic carbocycles. The van der Waals surface area contributed by atoms with Crippen LogP contribution in [0.25, 0.3) is 0 Å². The smallest absolute Gasteiger partial charge is 0.0361 e. The molecular formula is C13H20N2. The molecule has 2 nitrogen and oxygen atoms in total.